The number of ether oxygens (including phenoxy) is 1. The number of alkyl halides is 3. The minimum Gasteiger partial charge on any atom is -0.469 e. The molecule has 3 N–H and O–H groups in total. The van der Waals surface area contributed by atoms with E-state index in [0.29, 0.717) is 32.5 Å². The van der Waals surface area contributed by atoms with Crippen molar-refractivity contribution in [3.05, 3.63) is 58.1 Å². The summed E-state index contributed by atoms with van der Waals surface area (Å²) in [7, 11) is 1.16. The van der Waals surface area contributed by atoms with Gasteiger partial charge in [0.15, 0.2) is 0 Å². The SMILES string of the molecule is COC(=O)[C@H](CC(=O)N1CCC(N2Cc3ccccc3NC2=O)CC1)Cc1cc(Cl)c(N)c(C(F)(F)F)c1. The van der Waals surface area contributed by atoms with Crippen LogP contribution in [0, 0.1) is 5.92 Å². The second-order valence-corrected chi connectivity index (χ2v) is 9.90. The lowest BCUT2D eigenvalue weighted by molar-refractivity contribution is -0.149. The predicted octanol–water partition coefficient (Wildman–Crippen LogP) is 4.70. The third-order valence-electron chi connectivity index (χ3n) is 7.05. The monoisotopic (exact) mass is 552 g/mol. The normalized spacial score (nSPS) is 17.0. The van der Waals surface area contributed by atoms with Gasteiger partial charge < -0.3 is 25.6 Å². The van der Waals surface area contributed by atoms with Crippen molar-refractivity contribution in [1.29, 1.82) is 0 Å². The Morgan fingerprint density at radius 1 is 1.21 bits per heavy atom. The summed E-state index contributed by atoms with van der Waals surface area (Å²) < 4.78 is 44.9. The first kappa shape index (κ1) is 27.6. The van der Waals surface area contributed by atoms with Crippen LogP contribution >= 0.6 is 11.6 Å². The highest BCUT2D eigenvalue weighted by Crippen LogP contribution is 2.38. The maximum atomic E-state index is 13.4. The molecule has 2 aliphatic heterocycles. The van der Waals surface area contributed by atoms with Crippen molar-refractivity contribution in [2.24, 2.45) is 5.92 Å². The maximum Gasteiger partial charge on any atom is 0.418 e. The highest BCUT2D eigenvalue weighted by atomic mass is 35.5. The van der Waals surface area contributed by atoms with Crippen molar-refractivity contribution in [3.63, 3.8) is 0 Å². The Kier molecular flexibility index (Phi) is 8.05. The molecule has 204 valence electrons. The van der Waals surface area contributed by atoms with E-state index in [9.17, 15) is 27.6 Å². The highest BCUT2D eigenvalue weighted by molar-refractivity contribution is 6.33. The number of nitrogens with one attached hydrogen (secondary N) is 1. The number of hydrogen-bond donors (Lipinski definition) is 2. The Morgan fingerprint density at radius 2 is 1.89 bits per heavy atom. The Labute approximate surface area is 222 Å². The number of rotatable bonds is 6. The number of methoxy groups -OCH3 is 1. The van der Waals surface area contributed by atoms with E-state index in [1.54, 1.807) is 9.80 Å². The molecule has 8 nitrogen and oxygen atoms in total. The standard InChI is InChI=1S/C26H28ClF3N4O4/c1-38-24(36)17(10-15-11-19(26(28,29)30)23(31)20(27)12-15)13-22(35)33-8-6-18(7-9-33)34-14-16-4-2-3-5-21(16)32-25(34)37/h2-5,11-12,17-18H,6-10,13-14,31H2,1H3,(H,32,37)/t17-/m0/s1. The first-order chi connectivity index (χ1) is 18.0. The van der Waals surface area contributed by atoms with Gasteiger partial charge >= 0.3 is 18.2 Å². The number of likely N-dealkylation sites (tertiary alicyclic amines) is 1. The molecule has 0 aromatic heterocycles. The number of anilines is 2. The van der Waals surface area contributed by atoms with E-state index in [1.165, 1.54) is 6.07 Å². The number of urea groups is 1. The van der Waals surface area contributed by atoms with Crippen molar-refractivity contribution in [1.82, 2.24) is 9.80 Å². The number of amides is 3. The molecule has 4 rings (SSSR count). The number of halogens is 4. The number of nitrogens with two attached hydrogens (primary N) is 1. The summed E-state index contributed by atoms with van der Waals surface area (Å²) in [6.07, 6.45) is -4.01. The Morgan fingerprint density at radius 3 is 2.55 bits per heavy atom. The van der Waals surface area contributed by atoms with Crippen molar-refractivity contribution in [3.8, 4) is 0 Å². The van der Waals surface area contributed by atoms with E-state index >= 15 is 0 Å². The third-order valence-corrected chi connectivity index (χ3v) is 7.36. The van der Waals surface area contributed by atoms with E-state index in [-0.39, 0.29) is 41.4 Å². The average molecular weight is 553 g/mol. The van der Waals surface area contributed by atoms with Gasteiger partial charge in [0.05, 0.1) is 29.3 Å². The van der Waals surface area contributed by atoms with E-state index in [2.05, 4.69) is 5.32 Å². The predicted molar refractivity (Wildman–Crippen MR) is 135 cm³/mol. The van der Waals surface area contributed by atoms with Crippen LogP contribution in [-0.2, 0) is 33.5 Å². The average Bonchev–Trinajstić information content (AvgIpc) is 2.88. The minimum absolute atomic E-state index is 0.0541. The van der Waals surface area contributed by atoms with Crippen molar-refractivity contribution in [2.75, 3.05) is 31.2 Å². The summed E-state index contributed by atoms with van der Waals surface area (Å²) in [5, 5.41) is 2.62. The zero-order valence-electron chi connectivity index (χ0n) is 20.7. The van der Waals surface area contributed by atoms with Crippen molar-refractivity contribution >= 4 is 40.9 Å². The molecule has 2 heterocycles. The molecule has 0 saturated carbocycles. The number of piperidine rings is 1. The fraction of sp³-hybridized carbons (Fsp3) is 0.423. The molecule has 1 atom stereocenters. The van der Waals surface area contributed by atoms with Gasteiger partial charge in [0.25, 0.3) is 0 Å². The van der Waals surface area contributed by atoms with Crippen molar-refractivity contribution < 1.29 is 32.3 Å². The molecule has 0 bridgehead atoms. The summed E-state index contributed by atoms with van der Waals surface area (Å²) in [4.78, 5) is 41.5. The lowest BCUT2D eigenvalue weighted by atomic mass is 9.93. The van der Waals surface area contributed by atoms with Crippen LogP contribution in [0.2, 0.25) is 5.02 Å². The number of hydrogen-bond acceptors (Lipinski definition) is 5. The van der Waals surface area contributed by atoms with E-state index in [0.717, 1.165) is 24.4 Å². The molecule has 1 fully saturated rings. The van der Waals surface area contributed by atoms with E-state index in [4.69, 9.17) is 22.1 Å². The molecule has 2 aromatic carbocycles. The van der Waals surface area contributed by atoms with Gasteiger partial charge in [-0.1, -0.05) is 29.8 Å². The quantitative estimate of drug-likeness (QED) is 0.399. The number of para-hydroxylation sites is 1. The maximum absolute atomic E-state index is 13.4. The minimum atomic E-state index is -4.72. The van der Waals surface area contributed by atoms with Crippen LogP contribution in [-0.4, -0.2) is 53.9 Å². The molecule has 3 amide bonds. The molecule has 0 aliphatic carbocycles. The van der Waals surface area contributed by atoms with Crippen molar-refractivity contribution in [2.45, 2.75) is 44.4 Å². The Bertz CT molecular complexity index is 1230. The van der Waals surface area contributed by atoms with Crippen LogP contribution in [0.1, 0.15) is 36.0 Å². The van der Waals surface area contributed by atoms with Gasteiger partial charge in [0.2, 0.25) is 5.91 Å². The Hall–Kier alpha value is -3.47. The second kappa shape index (κ2) is 11.1. The first-order valence-corrected chi connectivity index (χ1v) is 12.5. The van der Waals surface area contributed by atoms with Crippen LogP contribution in [0.4, 0.5) is 29.3 Å². The molecule has 2 aromatic rings. The number of nitrogens with zero attached hydrogens (tertiary/aromatic N) is 2. The van der Waals surface area contributed by atoms with Gasteiger partial charge in [-0.25, -0.2) is 4.79 Å². The number of benzene rings is 2. The summed E-state index contributed by atoms with van der Waals surface area (Å²) in [5.41, 5.74) is 5.73. The largest absolute Gasteiger partial charge is 0.469 e. The van der Waals surface area contributed by atoms with Crippen LogP contribution < -0.4 is 11.1 Å². The number of carbonyl (C=O) groups is 3. The lowest BCUT2D eigenvalue weighted by Gasteiger charge is -2.40. The Balaban J connectivity index is 1.39. The van der Waals surface area contributed by atoms with Crippen LogP contribution in [0.5, 0.6) is 0 Å². The summed E-state index contributed by atoms with van der Waals surface area (Å²) in [6, 6.07) is 9.45. The fourth-order valence-electron chi connectivity index (χ4n) is 5.00. The van der Waals surface area contributed by atoms with Gasteiger partial charge in [-0.15, -0.1) is 0 Å². The summed E-state index contributed by atoms with van der Waals surface area (Å²) in [6.45, 7) is 1.25. The lowest BCUT2D eigenvalue weighted by Crippen LogP contribution is -2.51. The molecule has 1 saturated heterocycles. The van der Waals surface area contributed by atoms with Gasteiger partial charge in [-0.2, -0.15) is 13.2 Å². The smallest absolute Gasteiger partial charge is 0.418 e. The zero-order valence-corrected chi connectivity index (χ0v) is 21.4. The highest BCUT2D eigenvalue weighted by Gasteiger charge is 2.36. The van der Waals surface area contributed by atoms with Crippen LogP contribution in [0.3, 0.4) is 0 Å². The van der Waals surface area contributed by atoms with E-state index in [1.807, 2.05) is 24.3 Å². The molecule has 38 heavy (non-hydrogen) atoms. The topological polar surface area (TPSA) is 105 Å². The number of carbonyl (C=O) groups excluding carboxylic acids is 3. The molecule has 2 aliphatic rings. The third kappa shape index (κ3) is 5.98. The number of fused-ring (bicyclic) bond motifs is 1. The van der Waals surface area contributed by atoms with Gasteiger partial charge in [0.1, 0.15) is 0 Å². The fourth-order valence-corrected chi connectivity index (χ4v) is 5.24. The van der Waals surface area contributed by atoms with Gasteiger partial charge in [-0.05, 0) is 48.6 Å². The molecular weight excluding hydrogens is 525 g/mol. The molecule has 0 spiro atoms. The molecular formula is C26H28ClF3N4O4. The summed E-state index contributed by atoms with van der Waals surface area (Å²) in [5.74, 6) is -2.03. The van der Waals surface area contributed by atoms with Crippen LogP contribution in [0.15, 0.2) is 36.4 Å². The van der Waals surface area contributed by atoms with Gasteiger partial charge in [-0.3, -0.25) is 9.59 Å². The van der Waals surface area contributed by atoms with Gasteiger partial charge in [0, 0.05) is 37.8 Å². The number of esters is 1. The first-order valence-electron chi connectivity index (χ1n) is 12.1. The molecule has 0 radical (unpaired) electrons. The van der Waals surface area contributed by atoms with Crippen LogP contribution in [0.25, 0.3) is 0 Å². The molecule has 0 unspecified atom stereocenters. The second-order valence-electron chi connectivity index (χ2n) is 9.49. The van der Waals surface area contributed by atoms with E-state index < -0.39 is 29.3 Å². The summed E-state index contributed by atoms with van der Waals surface area (Å²) >= 11 is 5.92. The number of nitrogen functional groups attached to an aromatic ring is 1. The molecule has 12 heteroatoms. The zero-order chi connectivity index (χ0) is 27.6.